The Bertz CT molecular complexity index is 132. The third kappa shape index (κ3) is 0.645. The Morgan fingerprint density at radius 2 is 2.11 bits per heavy atom. The van der Waals surface area contributed by atoms with E-state index in [1.165, 1.54) is 25.7 Å². The first-order valence-corrected chi connectivity index (χ1v) is 3.66. The van der Waals surface area contributed by atoms with Gasteiger partial charge in [0.15, 0.2) is 0 Å². The molecule has 0 aromatic rings. The molecule has 1 heteroatoms. The summed E-state index contributed by atoms with van der Waals surface area (Å²) in [6.45, 7) is 3.79. The molecule has 0 saturated carbocycles. The lowest BCUT2D eigenvalue weighted by Gasteiger charge is -2.18. The smallest absolute Gasteiger partial charge is 0.0865 e. The summed E-state index contributed by atoms with van der Waals surface area (Å²) in [5.41, 5.74) is 0.116. The first kappa shape index (κ1) is 5.48. The van der Waals surface area contributed by atoms with Crippen LogP contribution >= 0.6 is 0 Å². The molecule has 0 unspecified atom stereocenters. The Balaban J connectivity index is 2.21. The summed E-state index contributed by atoms with van der Waals surface area (Å²) in [4.78, 5) is 0. The molecule has 1 nitrogen and oxygen atoms in total. The van der Waals surface area contributed by atoms with Gasteiger partial charge in [-0.25, -0.2) is 0 Å². The average Bonchev–Trinajstić information content (AvgIpc) is 2.46. The van der Waals surface area contributed by atoms with E-state index in [4.69, 9.17) is 4.74 Å². The molecule has 2 fully saturated rings. The molecule has 2 rings (SSSR count). The Morgan fingerprint density at radius 1 is 1.44 bits per heavy atom. The maximum Gasteiger partial charge on any atom is 0.0865 e. The highest BCUT2D eigenvalue weighted by Gasteiger charge is 2.43. The number of rotatable bonds is 1. The maximum atomic E-state index is 5.69. The van der Waals surface area contributed by atoms with E-state index in [1.54, 1.807) is 0 Å². The van der Waals surface area contributed by atoms with Crippen molar-refractivity contribution in [1.29, 1.82) is 0 Å². The zero-order valence-corrected chi connectivity index (χ0v) is 5.60. The minimum Gasteiger partial charge on any atom is -0.368 e. The molecule has 0 aromatic carbocycles. The third-order valence-corrected chi connectivity index (χ3v) is 2.55. The van der Waals surface area contributed by atoms with Crippen LogP contribution in [0.15, 0.2) is 12.7 Å². The van der Waals surface area contributed by atoms with Crippen molar-refractivity contribution < 1.29 is 4.74 Å². The molecule has 2 aliphatic rings. The fourth-order valence-electron chi connectivity index (χ4n) is 1.90. The van der Waals surface area contributed by atoms with Crippen molar-refractivity contribution in [3.8, 4) is 0 Å². The van der Waals surface area contributed by atoms with Gasteiger partial charge in [0, 0.05) is 0 Å². The van der Waals surface area contributed by atoms with E-state index in [0.29, 0.717) is 6.10 Å². The van der Waals surface area contributed by atoms with Crippen molar-refractivity contribution in [3.63, 3.8) is 0 Å². The summed E-state index contributed by atoms with van der Waals surface area (Å²) in [5.74, 6) is 0. The predicted molar refractivity (Wildman–Crippen MR) is 36.3 cm³/mol. The van der Waals surface area contributed by atoms with Crippen LogP contribution < -0.4 is 0 Å². The van der Waals surface area contributed by atoms with E-state index >= 15 is 0 Å². The van der Waals surface area contributed by atoms with E-state index in [-0.39, 0.29) is 5.60 Å². The SMILES string of the molecule is C=CC12CCC(CC1)O2. The molecule has 0 amide bonds. The second-order valence-corrected chi connectivity index (χ2v) is 3.09. The lowest BCUT2D eigenvalue weighted by molar-refractivity contribution is 0.0507. The molecule has 0 aliphatic carbocycles. The fourth-order valence-corrected chi connectivity index (χ4v) is 1.90. The van der Waals surface area contributed by atoms with E-state index in [2.05, 4.69) is 6.58 Å². The van der Waals surface area contributed by atoms with Gasteiger partial charge < -0.3 is 4.74 Å². The van der Waals surface area contributed by atoms with E-state index in [0.717, 1.165) is 0 Å². The molecule has 0 spiro atoms. The summed E-state index contributed by atoms with van der Waals surface area (Å²) < 4.78 is 5.69. The largest absolute Gasteiger partial charge is 0.368 e. The van der Waals surface area contributed by atoms with Crippen LogP contribution in [-0.4, -0.2) is 11.7 Å². The lowest BCUT2D eigenvalue weighted by atomic mass is 9.89. The highest BCUT2D eigenvalue weighted by atomic mass is 16.5. The number of fused-ring (bicyclic) bond motifs is 2. The van der Waals surface area contributed by atoms with Crippen LogP contribution in [0.1, 0.15) is 25.7 Å². The van der Waals surface area contributed by atoms with Gasteiger partial charge in [0.1, 0.15) is 0 Å². The van der Waals surface area contributed by atoms with Crippen LogP contribution in [0, 0.1) is 0 Å². The van der Waals surface area contributed by atoms with Gasteiger partial charge in [-0.05, 0) is 25.7 Å². The van der Waals surface area contributed by atoms with Gasteiger partial charge in [0.25, 0.3) is 0 Å². The zero-order valence-electron chi connectivity index (χ0n) is 5.60. The van der Waals surface area contributed by atoms with Gasteiger partial charge in [-0.3, -0.25) is 0 Å². The highest BCUT2D eigenvalue weighted by molar-refractivity contribution is 5.06. The first-order chi connectivity index (χ1) is 4.35. The standard InChI is InChI=1S/C8H12O/c1-2-8-5-3-7(9-8)4-6-8/h2,7H,1,3-6H2. The lowest BCUT2D eigenvalue weighted by Crippen LogP contribution is -2.19. The molecule has 0 atom stereocenters. The van der Waals surface area contributed by atoms with Gasteiger partial charge in [-0.1, -0.05) is 6.08 Å². The quantitative estimate of drug-likeness (QED) is 0.485. The van der Waals surface area contributed by atoms with Gasteiger partial charge in [0.2, 0.25) is 0 Å². The van der Waals surface area contributed by atoms with Crippen LogP contribution in [0.5, 0.6) is 0 Å². The first-order valence-electron chi connectivity index (χ1n) is 3.66. The summed E-state index contributed by atoms with van der Waals surface area (Å²) in [6, 6.07) is 0. The van der Waals surface area contributed by atoms with Crippen LogP contribution in [-0.2, 0) is 4.74 Å². The molecule has 2 bridgehead atoms. The molecule has 0 radical (unpaired) electrons. The molecule has 2 heterocycles. The Morgan fingerprint density at radius 3 is 2.33 bits per heavy atom. The van der Waals surface area contributed by atoms with Gasteiger partial charge in [-0.2, -0.15) is 0 Å². The Hall–Kier alpha value is -0.300. The van der Waals surface area contributed by atoms with Crippen LogP contribution in [0.3, 0.4) is 0 Å². The summed E-state index contributed by atoms with van der Waals surface area (Å²) in [7, 11) is 0. The molecule has 0 aromatic heterocycles. The van der Waals surface area contributed by atoms with E-state index in [1.807, 2.05) is 6.08 Å². The van der Waals surface area contributed by atoms with Crippen molar-refractivity contribution in [2.24, 2.45) is 0 Å². The monoisotopic (exact) mass is 124 g/mol. The van der Waals surface area contributed by atoms with Crippen molar-refractivity contribution in [3.05, 3.63) is 12.7 Å². The predicted octanol–water partition coefficient (Wildman–Crippen LogP) is 1.88. The number of hydrogen-bond acceptors (Lipinski definition) is 1. The summed E-state index contributed by atoms with van der Waals surface area (Å²) in [6.07, 6.45) is 7.49. The summed E-state index contributed by atoms with van der Waals surface area (Å²) in [5, 5.41) is 0. The Kier molecular flexibility index (Phi) is 0.974. The molecular weight excluding hydrogens is 112 g/mol. The minimum atomic E-state index is 0.116. The average molecular weight is 124 g/mol. The molecule has 0 N–H and O–H groups in total. The Labute approximate surface area is 55.7 Å². The zero-order chi connectivity index (χ0) is 6.32. The molecule has 2 saturated heterocycles. The number of hydrogen-bond donors (Lipinski definition) is 0. The van der Waals surface area contributed by atoms with Crippen LogP contribution in [0.25, 0.3) is 0 Å². The maximum absolute atomic E-state index is 5.69. The second-order valence-electron chi connectivity index (χ2n) is 3.09. The molecule has 9 heavy (non-hydrogen) atoms. The molecule has 2 aliphatic heterocycles. The third-order valence-electron chi connectivity index (χ3n) is 2.55. The molecular formula is C8H12O. The molecule has 50 valence electrons. The van der Waals surface area contributed by atoms with Crippen molar-refractivity contribution in [2.45, 2.75) is 37.4 Å². The second kappa shape index (κ2) is 1.60. The van der Waals surface area contributed by atoms with Crippen molar-refractivity contribution >= 4 is 0 Å². The topological polar surface area (TPSA) is 9.23 Å². The summed E-state index contributed by atoms with van der Waals surface area (Å²) >= 11 is 0. The van der Waals surface area contributed by atoms with Gasteiger partial charge in [-0.15, -0.1) is 6.58 Å². The minimum absolute atomic E-state index is 0.116. The van der Waals surface area contributed by atoms with Crippen LogP contribution in [0.2, 0.25) is 0 Å². The van der Waals surface area contributed by atoms with Gasteiger partial charge in [0.05, 0.1) is 11.7 Å². The fraction of sp³-hybridized carbons (Fsp3) is 0.750. The van der Waals surface area contributed by atoms with Gasteiger partial charge >= 0.3 is 0 Å². The van der Waals surface area contributed by atoms with Crippen molar-refractivity contribution in [1.82, 2.24) is 0 Å². The van der Waals surface area contributed by atoms with E-state index < -0.39 is 0 Å². The van der Waals surface area contributed by atoms with Crippen LogP contribution in [0.4, 0.5) is 0 Å². The highest BCUT2D eigenvalue weighted by Crippen LogP contribution is 2.43. The van der Waals surface area contributed by atoms with Crippen molar-refractivity contribution in [2.75, 3.05) is 0 Å². The number of ether oxygens (including phenoxy) is 1. The van der Waals surface area contributed by atoms with E-state index in [9.17, 15) is 0 Å². The normalized spacial score (nSPS) is 47.8.